The third kappa shape index (κ3) is 3.76. The number of amides is 1. The minimum Gasteiger partial charge on any atom is -0.386 e. The molecule has 3 atom stereocenters. The van der Waals surface area contributed by atoms with Crippen molar-refractivity contribution in [1.29, 1.82) is 0 Å². The molecule has 10 heteroatoms. The lowest BCUT2D eigenvalue weighted by molar-refractivity contribution is -0.112. The van der Waals surface area contributed by atoms with Crippen LogP contribution in [0, 0.1) is 5.82 Å². The predicted molar refractivity (Wildman–Crippen MR) is 128 cm³/mol. The van der Waals surface area contributed by atoms with Crippen molar-refractivity contribution in [3.63, 3.8) is 0 Å². The highest BCUT2D eigenvalue weighted by Gasteiger charge is 2.56. The number of nitrogens with zero attached hydrogens (tertiary/aromatic N) is 4. The summed E-state index contributed by atoms with van der Waals surface area (Å²) in [7, 11) is -2.79. The van der Waals surface area contributed by atoms with Gasteiger partial charge in [0.1, 0.15) is 27.8 Å². The molecule has 3 N–H and O–H groups in total. The maximum Gasteiger partial charge on any atom is 0.252 e. The molecule has 0 bridgehead atoms. The number of carbonyl (C=O) groups excluding carboxylic acids is 1. The summed E-state index contributed by atoms with van der Waals surface area (Å²) in [5.41, 5.74) is 5.99. The van der Waals surface area contributed by atoms with E-state index in [1.165, 1.54) is 24.4 Å². The van der Waals surface area contributed by atoms with Gasteiger partial charge in [-0.1, -0.05) is 0 Å². The lowest BCUT2D eigenvalue weighted by Gasteiger charge is -2.44. The fourth-order valence-corrected chi connectivity index (χ4v) is 7.18. The van der Waals surface area contributed by atoms with Gasteiger partial charge >= 0.3 is 0 Å². The van der Waals surface area contributed by atoms with E-state index in [0.29, 0.717) is 30.1 Å². The highest BCUT2D eigenvalue weighted by Crippen LogP contribution is 2.48. The maximum atomic E-state index is 15.1. The number of fused-ring (bicyclic) bond motifs is 1. The number of halogens is 1. The summed E-state index contributed by atoms with van der Waals surface area (Å²) >= 11 is 0. The number of nitrogens with one attached hydrogen (secondary N) is 1. The van der Waals surface area contributed by atoms with Crippen LogP contribution in [-0.4, -0.2) is 45.0 Å². The third-order valence-electron chi connectivity index (χ3n) is 6.19. The first-order valence-corrected chi connectivity index (χ1v) is 11.8. The number of carbonyl (C=O) groups is 1. The van der Waals surface area contributed by atoms with Gasteiger partial charge in [0.05, 0.1) is 15.0 Å². The molecule has 172 valence electrons. The Hall–Kier alpha value is -2.88. The molecule has 3 rings (SSSR count). The molecule has 0 saturated carbocycles. The summed E-state index contributed by atoms with van der Waals surface area (Å²) in [5.74, 6) is -0.306. The number of nitrogens with two attached hydrogens (primary N) is 1. The quantitative estimate of drug-likeness (QED) is 0.407. The highest BCUT2D eigenvalue weighted by molar-refractivity contribution is 7.96. The number of anilines is 1. The third-order valence-corrected chi connectivity index (χ3v) is 9.89. The van der Waals surface area contributed by atoms with Gasteiger partial charge < -0.3 is 11.1 Å². The molecule has 1 amide bonds. The zero-order valence-electron chi connectivity index (χ0n) is 19.0. The molecule has 0 aromatic heterocycles. The van der Waals surface area contributed by atoms with Gasteiger partial charge in [-0.3, -0.25) is 9.79 Å². The molecule has 0 saturated heterocycles. The van der Waals surface area contributed by atoms with Gasteiger partial charge in [-0.25, -0.2) is 22.9 Å². The van der Waals surface area contributed by atoms with Crippen LogP contribution in [0.1, 0.15) is 46.6 Å². The fourth-order valence-electron chi connectivity index (χ4n) is 4.02. The molecule has 2 aliphatic heterocycles. The molecule has 0 aliphatic carbocycles. The first-order valence-electron chi connectivity index (χ1n) is 10.2. The van der Waals surface area contributed by atoms with Crippen molar-refractivity contribution in [3.05, 3.63) is 41.4 Å². The van der Waals surface area contributed by atoms with Crippen LogP contribution in [0.4, 0.5) is 10.1 Å². The second kappa shape index (κ2) is 8.23. The van der Waals surface area contributed by atoms with Gasteiger partial charge in [-0.15, -0.1) is 0 Å². The van der Waals surface area contributed by atoms with Crippen LogP contribution >= 0.6 is 0 Å². The Morgan fingerprint density at radius 3 is 2.72 bits per heavy atom. The van der Waals surface area contributed by atoms with E-state index >= 15 is 4.39 Å². The molecule has 1 aromatic carbocycles. The van der Waals surface area contributed by atoms with Crippen LogP contribution in [0.15, 0.2) is 49.3 Å². The molecule has 8 nitrogen and oxygen atoms in total. The van der Waals surface area contributed by atoms with Crippen LogP contribution in [0.2, 0.25) is 0 Å². The number of rotatable bonds is 4. The van der Waals surface area contributed by atoms with Crippen molar-refractivity contribution in [3.8, 4) is 0 Å². The normalized spacial score (nSPS) is 29.6. The van der Waals surface area contributed by atoms with Crippen LogP contribution in [-0.2, 0) is 20.1 Å². The summed E-state index contributed by atoms with van der Waals surface area (Å²) in [4.78, 5) is 24.9. The molecule has 0 spiro atoms. The summed E-state index contributed by atoms with van der Waals surface area (Å²) in [6.07, 6.45) is 1.90. The van der Waals surface area contributed by atoms with E-state index in [2.05, 4.69) is 31.4 Å². The molecule has 2 heterocycles. The van der Waals surface area contributed by atoms with Crippen LogP contribution in [0.25, 0.3) is 0 Å². The Kier molecular flexibility index (Phi) is 6.12. The molecule has 2 aliphatic rings. The summed E-state index contributed by atoms with van der Waals surface area (Å²) in [6, 6.07) is 4.25. The number of amidine groups is 2. The summed E-state index contributed by atoms with van der Waals surface area (Å²) in [5, 5.41) is 2.24. The van der Waals surface area contributed by atoms with E-state index in [-0.39, 0.29) is 11.4 Å². The Labute approximate surface area is 188 Å². The van der Waals surface area contributed by atoms with Crippen LogP contribution < -0.4 is 11.1 Å². The molecular weight excluding hydrogens is 431 g/mol. The van der Waals surface area contributed by atoms with Crippen molar-refractivity contribution in [2.24, 2.45) is 25.1 Å². The van der Waals surface area contributed by atoms with Crippen molar-refractivity contribution in [2.45, 2.75) is 56.6 Å². The largest absolute Gasteiger partial charge is 0.386 e. The second-order valence-electron chi connectivity index (χ2n) is 8.65. The Balaban J connectivity index is 2.02. The van der Waals surface area contributed by atoms with Crippen molar-refractivity contribution in [2.75, 3.05) is 11.9 Å². The second-order valence-corrected chi connectivity index (χ2v) is 11.6. The number of benzene rings is 1. The summed E-state index contributed by atoms with van der Waals surface area (Å²) in [6.45, 7) is 12.3. The molecule has 32 heavy (non-hydrogen) atoms. The van der Waals surface area contributed by atoms with Gasteiger partial charge in [0.15, 0.2) is 0 Å². The van der Waals surface area contributed by atoms with E-state index in [1.807, 2.05) is 0 Å². The Bertz CT molecular complexity index is 1190. The summed E-state index contributed by atoms with van der Waals surface area (Å²) < 4.78 is 32.5. The number of hydrogen-bond acceptors (Lipinski definition) is 6. The lowest BCUT2D eigenvalue weighted by Crippen LogP contribution is -2.58. The van der Waals surface area contributed by atoms with Crippen molar-refractivity contribution >= 4 is 39.7 Å². The van der Waals surface area contributed by atoms with E-state index in [9.17, 15) is 9.00 Å². The van der Waals surface area contributed by atoms with E-state index in [1.54, 1.807) is 34.6 Å². The van der Waals surface area contributed by atoms with Crippen molar-refractivity contribution < 1.29 is 13.4 Å². The predicted octanol–water partition coefficient (Wildman–Crippen LogP) is 3.39. The molecule has 0 unspecified atom stereocenters. The lowest BCUT2D eigenvalue weighted by atomic mass is 9.85. The first-order chi connectivity index (χ1) is 14.9. The Morgan fingerprint density at radius 2 is 2.06 bits per heavy atom. The fraction of sp³-hybridized carbons (Fsp3) is 0.455. The minimum absolute atomic E-state index is 0.184. The van der Waals surface area contributed by atoms with Gasteiger partial charge in [0.25, 0.3) is 5.91 Å². The molecule has 0 fully saturated rings. The van der Waals surface area contributed by atoms with Gasteiger partial charge in [0.2, 0.25) is 0 Å². The van der Waals surface area contributed by atoms with Crippen LogP contribution in [0.3, 0.4) is 0 Å². The number of aliphatic imine (C=N–C) groups is 3. The van der Waals surface area contributed by atoms with E-state index in [4.69, 9.17) is 5.73 Å². The van der Waals surface area contributed by atoms with E-state index < -0.39 is 37.0 Å². The van der Waals surface area contributed by atoms with Gasteiger partial charge in [-0.2, -0.15) is 0 Å². The van der Waals surface area contributed by atoms with Crippen LogP contribution in [0.5, 0.6) is 0 Å². The zero-order chi connectivity index (χ0) is 23.9. The zero-order valence-corrected chi connectivity index (χ0v) is 19.8. The highest BCUT2D eigenvalue weighted by atomic mass is 32.2. The average Bonchev–Trinajstić information content (AvgIpc) is 3.16. The van der Waals surface area contributed by atoms with Crippen molar-refractivity contribution in [1.82, 2.24) is 0 Å². The number of hydrogen-bond donors (Lipinski definition) is 2. The molecule has 0 radical (unpaired) electrons. The van der Waals surface area contributed by atoms with E-state index in [0.717, 1.165) is 0 Å². The monoisotopic (exact) mass is 460 g/mol. The smallest absolute Gasteiger partial charge is 0.252 e. The average molecular weight is 461 g/mol. The first kappa shape index (κ1) is 23.8. The maximum absolute atomic E-state index is 15.1. The topological polar surface area (TPSA) is 122 Å². The minimum atomic E-state index is -2.79. The van der Waals surface area contributed by atoms with Gasteiger partial charge in [0, 0.05) is 29.6 Å². The molecular formula is C22H29FN6O2S. The molecule has 1 aromatic rings. The SMILES string of the molecule is C=NC(C)=N/C=C(\C)C(=O)Nc1ccc(F)c([C@@]2(C)N=C(N)C(C)(C)[S@@]3(=O)=NCC[C@@H]23)c1. The van der Waals surface area contributed by atoms with Gasteiger partial charge in [-0.05, 0) is 66.0 Å². The standard InChI is InChI=1S/C22H29FN6O2S/c1-13(12-26-14(2)25-6)19(30)28-15-7-8-17(23)16(11-15)22(5)18-9-10-27-32(18,31)21(3,4)20(24)29-22/h7-8,11-12,18H,6,9-10H2,1-5H3,(H2,24,29)(H,28,30)/b13-12+,26-14?/t18-,22+,32+/m0/s1. The Morgan fingerprint density at radius 1 is 1.38 bits per heavy atom.